The van der Waals surface area contributed by atoms with Gasteiger partial charge in [-0.05, 0) is 92.2 Å². The number of benzene rings is 3. The molecule has 43 heavy (non-hydrogen) atoms. The third-order valence-electron chi connectivity index (χ3n) is 6.50. The van der Waals surface area contributed by atoms with Crippen molar-refractivity contribution in [3.05, 3.63) is 141 Å². The highest BCUT2D eigenvalue weighted by Crippen LogP contribution is 2.28. The number of hydrogen-bond acceptors (Lipinski definition) is 7. The Morgan fingerprint density at radius 3 is 2.37 bits per heavy atom. The van der Waals surface area contributed by atoms with Gasteiger partial charge in [-0.15, -0.1) is 0 Å². The van der Waals surface area contributed by atoms with Crippen LogP contribution in [0, 0.1) is 29.8 Å². The largest absolute Gasteiger partial charge is 0.486 e. The van der Waals surface area contributed by atoms with Gasteiger partial charge in [-0.2, -0.15) is 5.10 Å². The molecular formula is C32H27FN4O6. The van der Waals surface area contributed by atoms with Crippen LogP contribution < -0.4 is 14.9 Å². The van der Waals surface area contributed by atoms with Crippen molar-refractivity contribution in [1.29, 1.82) is 0 Å². The third-order valence-corrected chi connectivity index (χ3v) is 6.50. The fourth-order valence-corrected chi connectivity index (χ4v) is 4.34. The first kappa shape index (κ1) is 28.8. The number of nitrogens with zero attached hydrogens (tertiary/aromatic N) is 3. The van der Waals surface area contributed by atoms with Gasteiger partial charge in [0.15, 0.2) is 11.5 Å². The lowest BCUT2D eigenvalue weighted by Gasteiger charge is -2.10. The van der Waals surface area contributed by atoms with E-state index in [1.165, 1.54) is 48.7 Å². The summed E-state index contributed by atoms with van der Waals surface area (Å²) in [4.78, 5) is 23.5. The van der Waals surface area contributed by atoms with Crippen molar-refractivity contribution in [1.82, 2.24) is 9.99 Å². The fourth-order valence-electron chi connectivity index (χ4n) is 4.34. The molecule has 2 aromatic heterocycles. The monoisotopic (exact) mass is 582 g/mol. The Morgan fingerprint density at radius 1 is 0.953 bits per heavy atom. The first-order chi connectivity index (χ1) is 20.8. The van der Waals surface area contributed by atoms with Crippen molar-refractivity contribution >= 4 is 17.8 Å². The summed E-state index contributed by atoms with van der Waals surface area (Å²) in [6, 6.07) is 24.8. The van der Waals surface area contributed by atoms with E-state index in [4.69, 9.17) is 13.9 Å². The molecule has 0 aliphatic heterocycles. The van der Waals surface area contributed by atoms with E-state index in [1.54, 1.807) is 12.1 Å². The molecule has 0 unspecified atom stereocenters. The molecule has 0 saturated heterocycles. The number of aryl methyl sites for hydroxylation is 2. The molecule has 0 spiro atoms. The summed E-state index contributed by atoms with van der Waals surface area (Å²) in [6.07, 6.45) is 1.27. The molecule has 0 bridgehead atoms. The van der Waals surface area contributed by atoms with Crippen LogP contribution in [0.5, 0.6) is 11.5 Å². The molecular weight excluding hydrogens is 555 g/mol. The maximum Gasteiger partial charge on any atom is 0.311 e. The second-order valence-corrected chi connectivity index (χ2v) is 9.60. The zero-order valence-corrected chi connectivity index (χ0v) is 23.3. The molecule has 10 nitrogen and oxygen atoms in total. The predicted octanol–water partition coefficient (Wildman–Crippen LogP) is 6.66. The molecule has 0 saturated carbocycles. The second kappa shape index (κ2) is 12.9. The van der Waals surface area contributed by atoms with Crippen LogP contribution in [0.25, 0.3) is 5.69 Å². The van der Waals surface area contributed by atoms with E-state index >= 15 is 0 Å². The zero-order chi connectivity index (χ0) is 30.3. The number of nitro benzene ring substituents is 1. The van der Waals surface area contributed by atoms with Gasteiger partial charge in [-0.1, -0.05) is 12.1 Å². The first-order valence-electron chi connectivity index (χ1n) is 13.2. The highest BCUT2D eigenvalue weighted by molar-refractivity contribution is 5.92. The summed E-state index contributed by atoms with van der Waals surface area (Å²) in [5.74, 6) is 0.186. The molecule has 0 atom stereocenters. The van der Waals surface area contributed by atoms with Crippen LogP contribution in [0.4, 0.5) is 10.1 Å². The lowest BCUT2D eigenvalue weighted by molar-refractivity contribution is -0.385. The molecule has 5 aromatic rings. The van der Waals surface area contributed by atoms with Crippen LogP contribution >= 0.6 is 0 Å². The molecule has 1 amide bonds. The normalized spacial score (nSPS) is 11.0. The topological polar surface area (TPSA) is 121 Å². The SMILES string of the molecule is Cc1ccc(C)n1-c1ccc(OCc2ccc(C(=O)N/N=C/c3ccc(OCc4ccc(F)cc4)c([N+](=O)[O-])c3)o2)cc1. The van der Waals surface area contributed by atoms with Gasteiger partial charge in [0.25, 0.3) is 0 Å². The number of rotatable bonds is 11. The summed E-state index contributed by atoms with van der Waals surface area (Å²) in [7, 11) is 0. The van der Waals surface area contributed by atoms with Crippen molar-refractivity contribution in [2.75, 3.05) is 0 Å². The number of nitrogens with one attached hydrogen (secondary N) is 1. The van der Waals surface area contributed by atoms with E-state index in [2.05, 4.69) is 27.2 Å². The van der Waals surface area contributed by atoms with Crippen LogP contribution in [0.1, 0.15) is 38.8 Å². The number of ether oxygens (including phenoxy) is 2. The van der Waals surface area contributed by atoms with Crippen molar-refractivity contribution in [2.45, 2.75) is 27.1 Å². The van der Waals surface area contributed by atoms with E-state index in [-0.39, 0.29) is 36.2 Å². The van der Waals surface area contributed by atoms with E-state index in [1.807, 2.05) is 38.1 Å². The molecule has 0 radical (unpaired) electrons. The molecule has 218 valence electrons. The Hall–Kier alpha value is -5.71. The number of nitro groups is 1. The van der Waals surface area contributed by atoms with Crippen LogP contribution in [-0.4, -0.2) is 21.6 Å². The summed E-state index contributed by atoms with van der Waals surface area (Å²) in [5, 5.41) is 15.4. The number of hydrazone groups is 1. The molecule has 3 aromatic carbocycles. The van der Waals surface area contributed by atoms with E-state index in [0.717, 1.165) is 17.1 Å². The lowest BCUT2D eigenvalue weighted by atomic mass is 10.2. The van der Waals surface area contributed by atoms with Gasteiger partial charge in [-0.25, -0.2) is 9.82 Å². The fraction of sp³-hybridized carbons (Fsp3) is 0.125. The number of amides is 1. The van der Waals surface area contributed by atoms with Crippen LogP contribution in [0.2, 0.25) is 0 Å². The highest BCUT2D eigenvalue weighted by atomic mass is 19.1. The smallest absolute Gasteiger partial charge is 0.311 e. The van der Waals surface area contributed by atoms with E-state index < -0.39 is 10.8 Å². The average Bonchev–Trinajstić information content (AvgIpc) is 3.62. The van der Waals surface area contributed by atoms with E-state index in [9.17, 15) is 19.3 Å². The molecule has 0 aliphatic carbocycles. The Kier molecular flexibility index (Phi) is 8.61. The minimum absolute atomic E-state index is 0.0279. The minimum atomic E-state index is -0.599. The molecule has 1 N–H and O–H groups in total. The van der Waals surface area contributed by atoms with Gasteiger partial charge in [0.05, 0.1) is 11.1 Å². The van der Waals surface area contributed by atoms with Gasteiger partial charge in [0.1, 0.15) is 30.5 Å². The van der Waals surface area contributed by atoms with Gasteiger partial charge >= 0.3 is 11.6 Å². The van der Waals surface area contributed by atoms with Crippen molar-refractivity contribution in [3.63, 3.8) is 0 Å². The summed E-state index contributed by atoms with van der Waals surface area (Å²) < 4.78 is 32.2. The van der Waals surface area contributed by atoms with Crippen molar-refractivity contribution in [2.24, 2.45) is 5.10 Å². The number of furan rings is 1. The Bertz CT molecular complexity index is 1760. The van der Waals surface area contributed by atoms with Gasteiger partial charge in [0, 0.05) is 28.7 Å². The van der Waals surface area contributed by atoms with Gasteiger partial charge < -0.3 is 18.5 Å². The Labute approximate surface area is 246 Å². The predicted molar refractivity (Wildman–Crippen MR) is 157 cm³/mol. The van der Waals surface area contributed by atoms with Crippen LogP contribution in [-0.2, 0) is 13.2 Å². The molecule has 11 heteroatoms. The number of aromatic nitrogens is 1. The van der Waals surface area contributed by atoms with Crippen molar-refractivity contribution in [3.8, 4) is 17.2 Å². The summed E-state index contributed by atoms with van der Waals surface area (Å²) in [6.45, 7) is 4.25. The molecule has 2 heterocycles. The van der Waals surface area contributed by atoms with Gasteiger partial charge in [0.2, 0.25) is 0 Å². The maximum absolute atomic E-state index is 13.1. The quantitative estimate of drug-likeness (QED) is 0.106. The average molecular weight is 583 g/mol. The first-order valence-corrected chi connectivity index (χ1v) is 13.2. The molecule has 0 fully saturated rings. The summed E-state index contributed by atoms with van der Waals surface area (Å²) in [5.41, 5.74) is 6.39. The lowest BCUT2D eigenvalue weighted by Crippen LogP contribution is -2.16. The van der Waals surface area contributed by atoms with Crippen molar-refractivity contribution < 1.29 is 28.0 Å². The Balaban J connectivity index is 1.14. The second-order valence-electron chi connectivity index (χ2n) is 9.60. The van der Waals surface area contributed by atoms with Crippen LogP contribution in [0.15, 0.2) is 101 Å². The maximum atomic E-state index is 13.1. The number of carbonyl (C=O) groups excluding carboxylic acids is 1. The highest BCUT2D eigenvalue weighted by Gasteiger charge is 2.16. The van der Waals surface area contributed by atoms with E-state index in [0.29, 0.717) is 22.6 Å². The Morgan fingerprint density at radius 2 is 1.67 bits per heavy atom. The number of hydrogen-bond donors (Lipinski definition) is 1. The van der Waals surface area contributed by atoms with Gasteiger partial charge in [-0.3, -0.25) is 14.9 Å². The zero-order valence-electron chi connectivity index (χ0n) is 23.3. The number of halogens is 1. The molecule has 5 rings (SSSR count). The minimum Gasteiger partial charge on any atom is -0.486 e. The number of carbonyl (C=O) groups is 1. The van der Waals surface area contributed by atoms with Crippen LogP contribution in [0.3, 0.4) is 0 Å². The molecule has 0 aliphatic rings. The summed E-state index contributed by atoms with van der Waals surface area (Å²) >= 11 is 0. The third kappa shape index (κ3) is 7.14. The standard InChI is InChI=1S/C32H27FN4O6/c1-21-3-4-22(2)36(21)26-10-12-27(13-11-26)41-20-28-14-16-31(43-28)32(38)35-34-18-24-7-15-30(29(17-24)37(39)40)42-19-23-5-8-25(33)9-6-23/h3-18H,19-20H2,1-2H3,(H,35,38)/b34-18+.